The molecule has 0 aromatic heterocycles. The summed E-state index contributed by atoms with van der Waals surface area (Å²) in [7, 11) is -4.67. The minimum atomic E-state index is -5.08. The van der Waals surface area contributed by atoms with Crippen molar-refractivity contribution in [3.63, 3.8) is 0 Å². The molecule has 0 radical (unpaired) electrons. The maximum atomic E-state index is 10.6. The van der Waals surface area contributed by atoms with Gasteiger partial charge >= 0.3 is 22.5 Å². The Morgan fingerprint density at radius 3 is 1.29 bits per heavy atom. The molecular formula is C2H5ClF3NO9S. The summed E-state index contributed by atoms with van der Waals surface area (Å²) in [6.07, 6.45) is -5.08. The lowest BCUT2D eigenvalue weighted by Crippen LogP contribution is -2.21. The van der Waals surface area contributed by atoms with Gasteiger partial charge in [-0.25, -0.2) is 4.79 Å². The van der Waals surface area contributed by atoms with Gasteiger partial charge in [0.25, 0.3) is 5.09 Å². The van der Waals surface area contributed by atoms with Crippen molar-refractivity contribution in [2.45, 2.75) is 6.18 Å². The third kappa shape index (κ3) is 109. The first-order valence-corrected chi connectivity index (χ1v) is 3.91. The highest BCUT2D eigenvalue weighted by Gasteiger charge is 2.38. The Labute approximate surface area is 96.8 Å². The molecule has 106 valence electrons. The van der Waals surface area contributed by atoms with Crippen LogP contribution in [0.3, 0.4) is 0 Å². The van der Waals surface area contributed by atoms with E-state index in [9.17, 15) is 13.2 Å². The lowest BCUT2D eigenvalue weighted by atomic mass is 10.7. The van der Waals surface area contributed by atoms with Crippen LogP contribution in [0.25, 0.3) is 0 Å². The van der Waals surface area contributed by atoms with Crippen LogP contribution < -0.4 is 0 Å². The summed E-state index contributed by atoms with van der Waals surface area (Å²) in [4.78, 5) is 17.3. The van der Waals surface area contributed by atoms with Crippen LogP contribution in [0.4, 0.5) is 13.2 Å². The molecule has 0 saturated carbocycles. The molecule has 0 saturated heterocycles. The molecule has 0 aliphatic carbocycles. The normalized spacial score (nSPS) is 9.47. The number of rotatable bonds is 0. The molecule has 0 aliphatic heterocycles. The molecule has 0 aliphatic rings. The smallest absolute Gasteiger partial charge is 0.475 e. The molecule has 0 fully saturated rings. The minimum absolute atomic E-state index is 0. The predicted molar refractivity (Wildman–Crippen MR) is 43.9 cm³/mol. The van der Waals surface area contributed by atoms with Gasteiger partial charge in [-0.05, 0) is 0 Å². The summed E-state index contributed by atoms with van der Waals surface area (Å²) in [5, 5.41) is 20.8. The van der Waals surface area contributed by atoms with Gasteiger partial charge in [-0.1, -0.05) is 0 Å². The molecular weight excluding hydrogens is 307 g/mol. The van der Waals surface area contributed by atoms with E-state index in [1.54, 1.807) is 0 Å². The highest BCUT2D eigenvalue weighted by molar-refractivity contribution is 7.79. The molecule has 0 atom stereocenters. The first kappa shape index (κ1) is 24.7. The number of carbonyl (C=O) groups is 1. The quantitative estimate of drug-likeness (QED) is 0.273. The van der Waals surface area contributed by atoms with Crippen molar-refractivity contribution < 1.29 is 50.9 Å². The molecule has 0 aromatic rings. The minimum Gasteiger partial charge on any atom is -0.475 e. The van der Waals surface area contributed by atoms with Crippen molar-refractivity contribution in [2.75, 3.05) is 0 Å². The number of carboxylic acid groups (broad SMARTS) is 1. The van der Waals surface area contributed by atoms with Crippen LogP contribution >= 0.6 is 12.4 Å². The number of carboxylic acids is 1. The first-order valence-electron chi connectivity index (χ1n) is 2.51. The van der Waals surface area contributed by atoms with Crippen LogP contribution in [0.1, 0.15) is 0 Å². The summed E-state index contributed by atoms with van der Waals surface area (Å²) in [5.41, 5.74) is 0. The standard InChI is InChI=1S/C2HF3O2.ClH.HNO3.H2O4S/c3-2(4,5)1(6)7;;2-1(3)4;1-5(2,3)4/h(H,6,7);1H;(H,2,3,4);(H2,1,2,3,4). The molecule has 17 heavy (non-hydrogen) atoms. The summed E-state index contributed by atoms with van der Waals surface area (Å²) in [6.45, 7) is 0. The summed E-state index contributed by atoms with van der Waals surface area (Å²) in [5.74, 6) is -2.76. The number of aliphatic carboxylic acids is 1. The van der Waals surface area contributed by atoms with E-state index in [1.165, 1.54) is 0 Å². The van der Waals surface area contributed by atoms with Crippen LogP contribution in [0, 0.1) is 10.1 Å². The van der Waals surface area contributed by atoms with E-state index in [0.29, 0.717) is 0 Å². The van der Waals surface area contributed by atoms with Gasteiger partial charge in [0.2, 0.25) is 0 Å². The topological polar surface area (TPSA) is 175 Å². The number of hydrogen-bond acceptors (Lipinski definition) is 5. The van der Waals surface area contributed by atoms with Gasteiger partial charge in [-0.2, -0.15) is 21.6 Å². The molecule has 0 unspecified atom stereocenters. The largest absolute Gasteiger partial charge is 0.490 e. The van der Waals surface area contributed by atoms with Crippen LogP contribution in [0.5, 0.6) is 0 Å². The van der Waals surface area contributed by atoms with Gasteiger partial charge in [-0.15, -0.1) is 22.5 Å². The van der Waals surface area contributed by atoms with E-state index in [1.807, 2.05) is 0 Å². The van der Waals surface area contributed by atoms with Crippen molar-refractivity contribution >= 4 is 28.8 Å². The maximum Gasteiger partial charge on any atom is 0.490 e. The highest BCUT2D eigenvalue weighted by Crippen LogP contribution is 2.13. The maximum absolute atomic E-state index is 10.6. The van der Waals surface area contributed by atoms with Gasteiger partial charge in [0, 0.05) is 0 Å². The van der Waals surface area contributed by atoms with Gasteiger partial charge in [0.05, 0.1) is 0 Å². The number of halogens is 4. The monoisotopic (exact) mass is 311 g/mol. The van der Waals surface area contributed by atoms with Gasteiger partial charge in [0.1, 0.15) is 0 Å². The van der Waals surface area contributed by atoms with Crippen LogP contribution in [0.2, 0.25) is 0 Å². The van der Waals surface area contributed by atoms with Crippen molar-refractivity contribution in [1.82, 2.24) is 0 Å². The molecule has 0 aromatic carbocycles. The summed E-state index contributed by atoms with van der Waals surface area (Å²) < 4.78 is 63.3. The molecule has 0 amide bonds. The molecule has 0 spiro atoms. The molecule has 0 bridgehead atoms. The fraction of sp³-hybridized carbons (Fsp3) is 0.500. The third-order valence-corrected chi connectivity index (χ3v) is 0.243. The van der Waals surface area contributed by atoms with E-state index in [0.717, 1.165) is 0 Å². The fourth-order valence-corrected chi connectivity index (χ4v) is 0. The second-order valence-corrected chi connectivity index (χ2v) is 2.38. The Morgan fingerprint density at radius 2 is 1.29 bits per heavy atom. The Balaban J connectivity index is -0.0000000757. The van der Waals surface area contributed by atoms with E-state index in [2.05, 4.69) is 0 Å². The van der Waals surface area contributed by atoms with Crippen molar-refractivity contribution in [1.29, 1.82) is 0 Å². The average molecular weight is 312 g/mol. The van der Waals surface area contributed by atoms with Crippen LogP contribution in [0.15, 0.2) is 0 Å². The van der Waals surface area contributed by atoms with E-state index < -0.39 is 27.6 Å². The fourth-order valence-electron chi connectivity index (χ4n) is 0. The van der Waals surface area contributed by atoms with Gasteiger partial charge in [-0.3, -0.25) is 9.11 Å². The Bertz CT molecular complexity index is 312. The average Bonchev–Trinajstić information content (AvgIpc) is 1.77. The zero-order valence-electron chi connectivity index (χ0n) is 7.23. The van der Waals surface area contributed by atoms with Crippen molar-refractivity contribution in [2.24, 2.45) is 0 Å². The molecule has 0 rings (SSSR count). The SMILES string of the molecule is Cl.O=C(O)C(F)(F)F.O=S(=O)(O)O.O=[N+]([O-])O. The lowest BCUT2D eigenvalue weighted by molar-refractivity contribution is -0.742. The van der Waals surface area contributed by atoms with Gasteiger partial charge < -0.3 is 10.3 Å². The number of alkyl halides is 3. The molecule has 15 heteroatoms. The van der Waals surface area contributed by atoms with E-state index >= 15 is 0 Å². The van der Waals surface area contributed by atoms with E-state index in [4.69, 9.17) is 42.7 Å². The zero-order chi connectivity index (χ0) is 14.2. The highest BCUT2D eigenvalue weighted by atomic mass is 35.5. The number of hydrogen-bond donors (Lipinski definition) is 4. The Kier molecular flexibility index (Phi) is 14.3. The Hall–Kier alpha value is -1.38. The summed E-state index contributed by atoms with van der Waals surface area (Å²) >= 11 is 0. The predicted octanol–water partition coefficient (Wildman–Crippen LogP) is 0.0546. The van der Waals surface area contributed by atoms with Gasteiger partial charge in [0.15, 0.2) is 0 Å². The molecule has 0 heterocycles. The second kappa shape index (κ2) is 9.82. The third-order valence-electron chi connectivity index (χ3n) is 0.243. The van der Waals surface area contributed by atoms with Crippen LogP contribution in [-0.2, 0) is 15.2 Å². The van der Waals surface area contributed by atoms with Crippen LogP contribution in [-0.4, -0.2) is 45.1 Å². The van der Waals surface area contributed by atoms with E-state index in [-0.39, 0.29) is 12.4 Å². The van der Waals surface area contributed by atoms with Crippen molar-refractivity contribution in [3.8, 4) is 0 Å². The number of nitrogens with zero attached hydrogens (tertiary/aromatic N) is 1. The Morgan fingerprint density at radius 1 is 1.24 bits per heavy atom. The lowest BCUT2D eigenvalue weighted by Gasteiger charge is -1.93. The van der Waals surface area contributed by atoms with Crippen molar-refractivity contribution in [3.05, 3.63) is 10.1 Å². The zero-order valence-corrected chi connectivity index (χ0v) is 8.86. The first-order chi connectivity index (χ1) is 6.68. The second-order valence-electron chi connectivity index (χ2n) is 1.49. The molecule has 4 N–H and O–H groups in total. The molecule has 10 nitrogen and oxygen atoms in total. The summed E-state index contributed by atoms with van der Waals surface area (Å²) in [6, 6.07) is 0.